The first-order chi connectivity index (χ1) is 31.2. The summed E-state index contributed by atoms with van der Waals surface area (Å²) in [5, 5.41) is 11.9. The van der Waals surface area contributed by atoms with Gasteiger partial charge in [0.05, 0.1) is 16.7 Å². The van der Waals surface area contributed by atoms with E-state index in [1.165, 1.54) is 52.9 Å². The molecule has 0 fully saturated rings. The lowest BCUT2D eigenvalue weighted by atomic mass is 10.1. The van der Waals surface area contributed by atoms with Gasteiger partial charge in [-0.25, -0.2) is 0 Å². The highest BCUT2D eigenvalue weighted by Crippen LogP contribution is 2.39. The second kappa shape index (κ2) is 13.2. The molecule has 63 heavy (non-hydrogen) atoms. The quantitative estimate of drug-likeness (QED) is 0.174. The highest BCUT2D eigenvalue weighted by atomic mass is 32.1. The van der Waals surface area contributed by atoms with Crippen molar-refractivity contribution in [1.29, 1.82) is 0 Å². The predicted molar refractivity (Wildman–Crippen MR) is 267 cm³/mol. The van der Waals surface area contributed by atoms with E-state index in [-0.39, 0.29) is 0 Å². The minimum absolute atomic E-state index is 0.860. The van der Waals surface area contributed by atoms with Crippen molar-refractivity contribution in [2.24, 2.45) is 0 Å². The van der Waals surface area contributed by atoms with Crippen LogP contribution in [-0.4, -0.2) is 13.7 Å². The summed E-state index contributed by atoms with van der Waals surface area (Å²) in [6, 6.07) is 77.8. The van der Waals surface area contributed by atoms with Crippen molar-refractivity contribution in [2.75, 3.05) is 0 Å². The maximum absolute atomic E-state index is 6.60. The maximum atomic E-state index is 6.60. The number of rotatable bonds is 3. The van der Waals surface area contributed by atoms with Gasteiger partial charge in [0.15, 0.2) is 0 Å². The van der Waals surface area contributed by atoms with E-state index in [1.807, 2.05) is 11.3 Å². The summed E-state index contributed by atoms with van der Waals surface area (Å²) in [5.74, 6) is 0. The monoisotopic (exact) mass is 821 g/mol. The molecular formula is C58H35N3OS. The molecule has 5 heteroatoms. The Hall–Kier alpha value is -8.12. The Kier molecular flexibility index (Phi) is 7.24. The van der Waals surface area contributed by atoms with Gasteiger partial charge in [-0.3, -0.25) is 0 Å². The second-order valence-electron chi connectivity index (χ2n) is 16.6. The molecule has 4 aromatic heterocycles. The molecule has 0 amide bonds. The molecule has 4 nitrogen and oxygen atoms in total. The van der Waals surface area contributed by atoms with E-state index < -0.39 is 0 Å². The van der Waals surface area contributed by atoms with Crippen LogP contribution in [-0.2, 0) is 0 Å². The minimum Gasteiger partial charge on any atom is -0.456 e. The van der Waals surface area contributed by atoms with Gasteiger partial charge in [-0.05, 0) is 119 Å². The maximum Gasteiger partial charge on any atom is 0.135 e. The van der Waals surface area contributed by atoms with Gasteiger partial charge in [-0.2, -0.15) is 0 Å². The van der Waals surface area contributed by atoms with Crippen LogP contribution in [0.5, 0.6) is 0 Å². The van der Waals surface area contributed by atoms with Gasteiger partial charge < -0.3 is 18.1 Å². The molecule has 0 spiro atoms. The molecule has 0 aliphatic rings. The van der Waals surface area contributed by atoms with E-state index >= 15 is 0 Å². The summed E-state index contributed by atoms with van der Waals surface area (Å²) in [7, 11) is 0. The topological polar surface area (TPSA) is 27.9 Å². The van der Waals surface area contributed by atoms with Crippen molar-refractivity contribution < 1.29 is 4.42 Å². The summed E-state index contributed by atoms with van der Waals surface area (Å²) >= 11 is 1.85. The molecule has 0 radical (unpaired) electrons. The Morgan fingerprint density at radius 1 is 0.302 bits per heavy atom. The summed E-state index contributed by atoms with van der Waals surface area (Å²) < 4.78 is 16.4. The fourth-order valence-corrected chi connectivity index (χ4v) is 11.3. The number of furan rings is 1. The third-order valence-corrected chi connectivity index (χ3v) is 14.2. The van der Waals surface area contributed by atoms with Crippen molar-refractivity contribution >= 4 is 119 Å². The highest BCUT2D eigenvalue weighted by Gasteiger charge is 2.17. The number of fused-ring (bicyclic) bond motifs is 14. The van der Waals surface area contributed by atoms with Crippen LogP contribution in [0.1, 0.15) is 0 Å². The van der Waals surface area contributed by atoms with E-state index in [4.69, 9.17) is 4.42 Å². The summed E-state index contributed by atoms with van der Waals surface area (Å²) in [6.07, 6.45) is 0. The van der Waals surface area contributed by atoms with Crippen LogP contribution < -0.4 is 0 Å². The van der Waals surface area contributed by atoms with Crippen molar-refractivity contribution in [1.82, 2.24) is 13.7 Å². The molecule has 0 N–H and O–H groups in total. The number of hydrogen-bond donors (Lipinski definition) is 0. The highest BCUT2D eigenvalue weighted by molar-refractivity contribution is 7.25. The third kappa shape index (κ3) is 5.21. The lowest BCUT2D eigenvalue weighted by molar-refractivity contribution is 0.669. The molecule has 14 aromatic rings. The van der Waals surface area contributed by atoms with Crippen LogP contribution in [0.4, 0.5) is 0 Å². The van der Waals surface area contributed by atoms with Crippen LogP contribution in [0.15, 0.2) is 217 Å². The van der Waals surface area contributed by atoms with Crippen molar-refractivity contribution in [3.8, 4) is 17.1 Å². The van der Waals surface area contributed by atoms with Crippen LogP contribution >= 0.6 is 11.3 Å². The predicted octanol–water partition coefficient (Wildman–Crippen LogP) is 16.4. The zero-order chi connectivity index (χ0) is 41.2. The zero-order valence-electron chi connectivity index (χ0n) is 33.9. The van der Waals surface area contributed by atoms with Crippen molar-refractivity contribution in [2.45, 2.75) is 0 Å². The van der Waals surface area contributed by atoms with Gasteiger partial charge >= 0.3 is 0 Å². The molecule has 0 saturated heterocycles. The first-order valence-corrected chi connectivity index (χ1v) is 22.2. The van der Waals surface area contributed by atoms with E-state index in [2.05, 4.69) is 226 Å². The molecule has 4 heterocycles. The number of para-hydroxylation sites is 1. The number of aromatic nitrogens is 3. The molecule has 0 atom stereocenters. The molecule has 14 rings (SSSR count). The minimum atomic E-state index is 0.860. The number of benzene rings is 10. The molecule has 0 aliphatic carbocycles. The Bertz CT molecular complexity index is 4280. The fourth-order valence-electron chi connectivity index (χ4n) is 10.2. The van der Waals surface area contributed by atoms with Gasteiger partial charge in [-0.15, -0.1) is 11.3 Å². The molecule has 294 valence electrons. The largest absolute Gasteiger partial charge is 0.456 e. The molecule has 0 unspecified atom stereocenters. The number of hydrogen-bond acceptors (Lipinski definition) is 2. The summed E-state index contributed by atoms with van der Waals surface area (Å²) in [6.45, 7) is 0. The molecular weight excluding hydrogens is 787 g/mol. The van der Waals surface area contributed by atoms with E-state index in [9.17, 15) is 0 Å². The molecule has 8 bridgehead atoms. The molecule has 10 aromatic carbocycles. The summed E-state index contributed by atoms with van der Waals surface area (Å²) in [5.41, 5.74) is 11.7. The van der Waals surface area contributed by atoms with Crippen LogP contribution in [0.3, 0.4) is 0 Å². The van der Waals surface area contributed by atoms with Gasteiger partial charge in [0.1, 0.15) is 11.2 Å². The zero-order valence-corrected chi connectivity index (χ0v) is 34.7. The fraction of sp³-hybridized carbons (Fsp3) is 0. The van der Waals surface area contributed by atoms with Gasteiger partial charge in [-0.1, -0.05) is 109 Å². The van der Waals surface area contributed by atoms with Gasteiger partial charge in [0, 0.05) is 80.5 Å². The Morgan fingerprint density at radius 2 is 0.841 bits per heavy atom. The lowest BCUT2D eigenvalue weighted by Crippen LogP contribution is -1.99. The van der Waals surface area contributed by atoms with Crippen molar-refractivity contribution in [3.05, 3.63) is 212 Å². The van der Waals surface area contributed by atoms with Crippen molar-refractivity contribution in [3.63, 3.8) is 0 Å². The van der Waals surface area contributed by atoms with Crippen LogP contribution in [0.25, 0.3) is 125 Å². The third-order valence-electron chi connectivity index (χ3n) is 13.0. The SMILES string of the molecule is c1ccc2c(-n3c4ccccc4c4ccc(-n5c6cccc(c6)c6cccc(c6)n(-c6ccc7c(c6)sc6ccccc67)c6ccc7oc8ccc5cc8c7c6)cc43)cccc2c1. The number of nitrogens with zero attached hydrogens (tertiary/aromatic N) is 3. The Balaban J connectivity index is 1.08. The van der Waals surface area contributed by atoms with E-state index in [0.717, 1.165) is 71.7 Å². The lowest BCUT2D eigenvalue weighted by Gasteiger charge is -2.15. The Morgan fingerprint density at radius 3 is 1.59 bits per heavy atom. The molecule has 0 aliphatic heterocycles. The van der Waals surface area contributed by atoms with Gasteiger partial charge in [0.2, 0.25) is 0 Å². The average Bonchev–Trinajstić information content (AvgIpc) is 4.00. The van der Waals surface area contributed by atoms with Gasteiger partial charge in [0.25, 0.3) is 0 Å². The summed E-state index contributed by atoms with van der Waals surface area (Å²) in [4.78, 5) is 0. The van der Waals surface area contributed by atoms with E-state index in [0.29, 0.717) is 0 Å². The normalized spacial score (nSPS) is 12.1. The van der Waals surface area contributed by atoms with Crippen LogP contribution in [0.2, 0.25) is 0 Å². The number of thiophene rings is 1. The Labute approximate surface area is 364 Å². The standard InChI is InChI=1S/C58H35N3OS/c1-2-16-45-36(10-1)11-9-20-52(45)61-53-19-5-3-17-46(53)47-26-22-43(34-54(47)61)59-39-14-7-12-37(30-39)38-13-8-15-40(31-38)60(44-23-27-49-48-18-4-6-21-57(48)63-58(49)35-44)42-25-29-56-51(33-42)50-32-41(59)24-28-55(50)62-56/h1-35H. The van der Waals surface area contributed by atoms with E-state index in [1.54, 1.807) is 0 Å². The second-order valence-corrected chi connectivity index (χ2v) is 17.6. The van der Waals surface area contributed by atoms with Crippen LogP contribution in [0, 0.1) is 0 Å². The first-order valence-electron chi connectivity index (χ1n) is 21.4. The average molecular weight is 822 g/mol. The first kappa shape index (κ1) is 34.6. The molecule has 0 saturated carbocycles. The smallest absolute Gasteiger partial charge is 0.135 e.